The Morgan fingerprint density at radius 3 is 2.06 bits per heavy atom. The summed E-state index contributed by atoms with van der Waals surface area (Å²) in [5.74, 6) is 0.373. The van der Waals surface area contributed by atoms with Crippen LogP contribution >= 0.6 is 0 Å². The zero-order valence-corrected chi connectivity index (χ0v) is 21.6. The fraction of sp³-hybridized carbons (Fsp3) is 0.500. The number of aryl methyl sites for hydroxylation is 1. The predicted molar refractivity (Wildman–Crippen MR) is 118 cm³/mol. The minimum Gasteiger partial charge on any atom is -0.872 e. The molecule has 31 heavy (non-hydrogen) atoms. The Balaban J connectivity index is 0.00000480. The van der Waals surface area contributed by atoms with Gasteiger partial charge < -0.3 is 9.84 Å². The summed E-state index contributed by atoms with van der Waals surface area (Å²) in [5.41, 5.74) is 0.663. The molecule has 7 heteroatoms. The molecule has 166 valence electrons. The molecule has 2 rings (SSSR count). The fourth-order valence-electron chi connectivity index (χ4n) is 3.49. The minimum absolute atomic E-state index is 0. The fourth-order valence-corrected chi connectivity index (χ4v) is 4.11. The molecule has 0 amide bonds. The summed E-state index contributed by atoms with van der Waals surface area (Å²) >= 11 is 0. The molecule has 0 aliphatic carbocycles. The third-order valence-corrected chi connectivity index (χ3v) is 6.08. The first kappa shape index (κ1) is 28.0. The van der Waals surface area contributed by atoms with Crippen LogP contribution in [0.3, 0.4) is 0 Å². The van der Waals surface area contributed by atoms with Crippen molar-refractivity contribution >= 4 is 10.1 Å². The third-order valence-electron chi connectivity index (χ3n) is 5.19. The smallest absolute Gasteiger partial charge is 0.872 e. The standard InChI is InChI=1S/C24H34O5S.Na/c1-2-3-4-5-6-7-8-9-10-11-14-20-19-21(17-18-22(20)25)29-23-15-12-13-16-24(23)30(26,27)28;/h12-13,15-19,25H,2-11,14H2,1H3,(H,26,27,28);/q;+1/p-1. The Labute approximate surface area is 209 Å². The van der Waals surface area contributed by atoms with Gasteiger partial charge in [0.2, 0.25) is 0 Å². The normalized spacial score (nSPS) is 11.2. The molecule has 0 fully saturated rings. The Morgan fingerprint density at radius 2 is 1.45 bits per heavy atom. The van der Waals surface area contributed by atoms with E-state index in [1.807, 2.05) is 0 Å². The summed E-state index contributed by atoms with van der Waals surface area (Å²) in [5, 5.41) is 12.1. The van der Waals surface area contributed by atoms with E-state index in [4.69, 9.17) is 4.74 Å². The number of rotatable bonds is 14. The number of unbranched alkanes of at least 4 members (excludes halogenated alkanes) is 9. The second-order valence-corrected chi connectivity index (χ2v) is 9.12. The number of hydrogen-bond donors (Lipinski definition) is 1. The molecule has 0 spiro atoms. The van der Waals surface area contributed by atoms with Crippen molar-refractivity contribution in [3.05, 3.63) is 48.0 Å². The number of ether oxygens (including phenoxy) is 1. The van der Waals surface area contributed by atoms with Crippen LogP contribution in [-0.4, -0.2) is 13.0 Å². The predicted octanol–water partition coefficient (Wildman–Crippen LogP) is 3.27. The van der Waals surface area contributed by atoms with Gasteiger partial charge in [0.1, 0.15) is 16.4 Å². The summed E-state index contributed by atoms with van der Waals surface area (Å²) in [6.45, 7) is 2.23. The summed E-state index contributed by atoms with van der Waals surface area (Å²) in [6.07, 6.45) is 13.0. The van der Waals surface area contributed by atoms with E-state index < -0.39 is 10.1 Å². The largest absolute Gasteiger partial charge is 1.00 e. The Kier molecular flexibility index (Phi) is 13.5. The van der Waals surface area contributed by atoms with Gasteiger partial charge in [-0.15, -0.1) is 5.75 Å². The summed E-state index contributed by atoms with van der Waals surface area (Å²) < 4.78 is 38.0. The number of hydrogen-bond acceptors (Lipinski definition) is 4. The molecule has 5 nitrogen and oxygen atoms in total. The van der Waals surface area contributed by atoms with Crippen molar-refractivity contribution < 1.29 is 52.4 Å². The van der Waals surface area contributed by atoms with Gasteiger partial charge >= 0.3 is 29.6 Å². The van der Waals surface area contributed by atoms with Crippen LogP contribution in [0, 0.1) is 0 Å². The molecule has 0 saturated carbocycles. The molecule has 0 heterocycles. The van der Waals surface area contributed by atoms with E-state index >= 15 is 0 Å². The van der Waals surface area contributed by atoms with Crippen LogP contribution < -0.4 is 39.4 Å². The molecule has 0 bridgehead atoms. The van der Waals surface area contributed by atoms with Gasteiger partial charge in [-0.25, -0.2) is 0 Å². The molecule has 0 unspecified atom stereocenters. The molecule has 0 radical (unpaired) electrons. The first-order chi connectivity index (χ1) is 14.4. The maximum atomic E-state index is 12.1. The van der Waals surface area contributed by atoms with E-state index in [9.17, 15) is 18.1 Å². The van der Waals surface area contributed by atoms with E-state index in [2.05, 4.69) is 6.92 Å². The zero-order valence-electron chi connectivity index (χ0n) is 18.8. The van der Waals surface area contributed by atoms with Gasteiger partial charge in [-0.2, -0.15) is 8.42 Å². The van der Waals surface area contributed by atoms with Crippen molar-refractivity contribution in [1.82, 2.24) is 0 Å². The van der Waals surface area contributed by atoms with E-state index in [-0.39, 0.29) is 46.0 Å². The average Bonchev–Trinajstić information content (AvgIpc) is 2.71. The van der Waals surface area contributed by atoms with Gasteiger partial charge in [0.15, 0.2) is 0 Å². The first-order valence-electron chi connectivity index (χ1n) is 11.0. The summed E-state index contributed by atoms with van der Waals surface area (Å²) in [6, 6.07) is 10.5. The molecule has 0 saturated heterocycles. The van der Waals surface area contributed by atoms with Gasteiger partial charge in [-0.3, -0.25) is 4.55 Å². The zero-order chi connectivity index (χ0) is 21.8. The maximum Gasteiger partial charge on any atom is 1.00 e. The van der Waals surface area contributed by atoms with Gasteiger partial charge in [-0.1, -0.05) is 88.5 Å². The second-order valence-electron chi connectivity index (χ2n) is 7.73. The molecular formula is C24H33NaO5S. The maximum absolute atomic E-state index is 12.1. The Morgan fingerprint density at radius 1 is 0.871 bits per heavy atom. The molecule has 2 aromatic rings. The molecule has 2 aromatic carbocycles. The van der Waals surface area contributed by atoms with Crippen LogP contribution in [0.5, 0.6) is 17.2 Å². The van der Waals surface area contributed by atoms with Crippen molar-refractivity contribution in [2.45, 2.75) is 82.4 Å². The number of benzene rings is 2. The van der Waals surface area contributed by atoms with E-state index in [1.54, 1.807) is 12.1 Å². The quantitative estimate of drug-likeness (QED) is 0.268. The minimum atomic E-state index is -4.39. The molecule has 0 aliphatic heterocycles. The summed E-state index contributed by atoms with van der Waals surface area (Å²) in [7, 11) is -4.39. The Bertz CT molecular complexity index is 883. The van der Waals surface area contributed by atoms with Crippen LogP contribution in [0.1, 0.15) is 76.7 Å². The molecular weight excluding hydrogens is 423 g/mol. The van der Waals surface area contributed by atoms with Crippen LogP contribution in [0.2, 0.25) is 0 Å². The van der Waals surface area contributed by atoms with Gasteiger partial charge in [-0.05, 0) is 37.1 Å². The topological polar surface area (TPSA) is 86.7 Å². The van der Waals surface area contributed by atoms with Crippen molar-refractivity contribution in [2.24, 2.45) is 0 Å². The summed E-state index contributed by atoms with van der Waals surface area (Å²) in [4.78, 5) is -0.299. The molecule has 0 atom stereocenters. The molecule has 0 aromatic heterocycles. The number of para-hydroxylation sites is 1. The van der Waals surface area contributed by atoms with Crippen molar-refractivity contribution in [2.75, 3.05) is 0 Å². The SMILES string of the molecule is CCCCCCCCCCCCc1cc(Oc2ccccc2S(=O)(=O)O)ccc1[O-].[Na+]. The van der Waals surface area contributed by atoms with Gasteiger partial charge in [0.25, 0.3) is 10.1 Å². The molecule has 0 aliphatic rings. The van der Waals surface area contributed by atoms with Crippen LogP contribution in [0.4, 0.5) is 0 Å². The van der Waals surface area contributed by atoms with Crippen molar-refractivity contribution in [3.63, 3.8) is 0 Å². The van der Waals surface area contributed by atoms with Gasteiger partial charge in [0, 0.05) is 0 Å². The Hall–Kier alpha value is -1.05. The first-order valence-corrected chi connectivity index (χ1v) is 12.4. The average molecular weight is 457 g/mol. The van der Waals surface area contributed by atoms with E-state index in [0.29, 0.717) is 17.7 Å². The van der Waals surface area contributed by atoms with Crippen LogP contribution in [0.15, 0.2) is 47.4 Å². The monoisotopic (exact) mass is 456 g/mol. The third kappa shape index (κ3) is 10.4. The van der Waals surface area contributed by atoms with Crippen molar-refractivity contribution in [1.29, 1.82) is 0 Å². The van der Waals surface area contributed by atoms with E-state index in [1.165, 1.54) is 81.7 Å². The van der Waals surface area contributed by atoms with E-state index in [0.717, 1.165) is 12.8 Å². The van der Waals surface area contributed by atoms with Gasteiger partial charge in [0.05, 0.1) is 0 Å². The van der Waals surface area contributed by atoms with Crippen LogP contribution in [-0.2, 0) is 16.5 Å². The van der Waals surface area contributed by atoms with Crippen molar-refractivity contribution in [3.8, 4) is 17.2 Å². The van der Waals surface area contributed by atoms with Crippen LogP contribution in [0.25, 0.3) is 0 Å². The second kappa shape index (κ2) is 14.9. The molecule has 1 N–H and O–H groups in total.